The standard InChI is InChI=1S/C9H17F2N3O/c1-12-6-9(15)14-4-2-13(3-5-14)7-8(10)11/h8,12H,2-7H2,1H3. The molecule has 0 aliphatic carbocycles. The third-order valence-electron chi connectivity index (χ3n) is 2.45. The van der Waals surface area contributed by atoms with Crippen molar-refractivity contribution in [3.63, 3.8) is 0 Å². The van der Waals surface area contributed by atoms with Crippen LogP contribution in [0, 0.1) is 0 Å². The lowest BCUT2D eigenvalue weighted by Crippen LogP contribution is -2.51. The smallest absolute Gasteiger partial charge is 0.251 e. The molecule has 0 radical (unpaired) electrons. The van der Waals surface area contributed by atoms with Gasteiger partial charge in [-0.1, -0.05) is 0 Å². The van der Waals surface area contributed by atoms with Crippen LogP contribution in [0.1, 0.15) is 0 Å². The molecule has 1 saturated heterocycles. The van der Waals surface area contributed by atoms with Crippen LogP contribution in [0.3, 0.4) is 0 Å². The number of hydrogen-bond donors (Lipinski definition) is 1. The highest BCUT2D eigenvalue weighted by Gasteiger charge is 2.21. The fourth-order valence-corrected chi connectivity index (χ4v) is 1.64. The number of halogens is 2. The van der Waals surface area contributed by atoms with Gasteiger partial charge in [0.05, 0.1) is 13.1 Å². The van der Waals surface area contributed by atoms with E-state index in [-0.39, 0.29) is 12.5 Å². The Kier molecular flexibility index (Phi) is 4.90. The second-order valence-electron chi connectivity index (χ2n) is 3.60. The molecule has 15 heavy (non-hydrogen) atoms. The Labute approximate surface area is 88.2 Å². The first kappa shape index (κ1) is 12.3. The van der Waals surface area contributed by atoms with Gasteiger partial charge in [0.1, 0.15) is 0 Å². The van der Waals surface area contributed by atoms with Crippen molar-refractivity contribution in [2.45, 2.75) is 6.43 Å². The van der Waals surface area contributed by atoms with E-state index in [1.807, 2.05) is 0 Å². The first-order chi connectivity index (χ1) is 7.13. The average Bonchev–Trinajstić information content (AvgIpc) is 2.18. The lowest BCUT2D eigenvalue weighted by Gasteiger charge is -2.34. The molecule has 88 valence electrons. The molecule has 0 unspecified atom stereocenters. The largest absolute Gasteiger partial charge is 0.339 e. The Morgan fingerprint density at radius 2 is 1.93 bits per heavy atom. The Morgan fingerprint density at radius 1 is 1.33 bits per heavy atom. The van der Waals surface area contributed by atoms with E-state index in [2.05, 4.69) is 5.32 Å². The van der Waals surface area contributed by atoms with Gasteiger partial charge in [0.25, 0.3) is 6.43 Å². The predicted molar refractivity (Wildman–Crippen MR) is 53.0 cm³/mol. The van der Waals surface area contributed by atoms with Crippen LogP contribution >= 0.6 is 0 Å². The molecule has 0 aromatic heterocycles. The number of nitrogens with zero attached hydrogens (tertiary/aromatic N) is 2. The van der Waals surface area contributed by atoms with Crippen LogP contribution in [0.15, 0.2) is 0 Å². The third-order valence-corrected chi connectivity index (χ3v) is 2.45. The number of hydrogen-bond acceptors (Lipinski definition) is 3. The number of nitrogens with one attached hydrogen (secondary N) is 1. The van der Waals surface area contributed by atoms with E-state index in [4.69, 9.17) is 0 Å². The van der Waals surface area contributed by atoms with Gasteiger partial charge in [-0.15, -0.1) is 0 Å². The summed E-state index contributed by atoms with van der Waals surface area (Å²) in [6.07, 6.45) is -2.29. The van der Waals surface area contributed by atoms with E-state index in [0.29, 0.717) is 32.7 Å². The van der Waals surface area contributed by atoms with E-state index in [1.54, 1.807) is 16.8 Å². The van der Waals surface area contributed by atoms with Gasteiger partial charge < -0.3 is 10.2 Å². The second-order valence-corrected chi connectivity index (χ2v) is 3.60. The molecule has 4 nitrogen and oxygen atoms in total. The summed E-state index contributed by atoms with van der Waals surface area (Å²) in [6, 6.07) is 0. The molecule has 0 bridgehead atoms. The van der Waals surface area contributed by atoms with Crippen molar-refractivity contribution in [3.05, 3.63) is 0 Å². The van der Waals surface area contributed by atoms with E-state index >= 15 is 0 Å². The average molecular weight is 221 g/mol. The number of amides is 1. The van der Waals surface area contributed by atoms with Crippen molar-refractivity contribution in [1.82, 2.24) is 15.1 Å². The predicted octanol–water partition coefficient (Wildman–Crippen LogP) is -0.385. The lowest BCUT2D eigenvalue weighted by atomic mass is 10.3. The van der Waals surface area contributed by atoms with Crippen LogP contribution in [0.5, 0.6) is 0 Å². The van der Waals surface area contributed by atoms with Gasteiger partial charge in [-0.25, -0.2) is 8.78 Å². The summed E-state index contributed by atoms with van der Waals surface area (Å²) in [6.45, 7) is 2.31. The van der Waals surface area contributed by atoms with Gasteiger partial charge in [0.2, 0.25) is 5.91 Å². The quantitative estimate of drug-likeness (QED) is 0.702. The molecule has 1 aliphatic rings. The van der Waals surface area contributed by atoms with Gasteiger partial charge >= 0.3 is 0 Å². The molecule has 1 rings (SSSR count). The molecule has 0 spiro atoms. The minimum absolute atomic E-state index is 0.0363. The molecule has 6 heteroatoms. The molecule has 1 N–H and O–H groups in total. The van der Waals surface area contributed by atoms with Crippen molar-refractivity contribution in [2.75, 3.05) is 46.3 Å². The summed E-state index contributed by atoms with van der Waals surface area (Å²) in [5, 5.41) is 2.78. The highest BCUT2D eigenvalue weighted by molar-refractivity contribution is 5.78. The van der Waals surface area contributed by atoms with Gasteiger partial charge in [-0.2, -0.15) is 0 Å². The Bertz CT molecular complexity index is 206. The maximum Gasteiger partial charge on any atom is 0.251 e. The normalized spacial score (nSPS) is 18.5. The molecule has 0 aromatic rings. The fraction of sp³-hybridized carbons (Fsp3) is 0.889. The number of carbonyl (C=O) groups is 1. The Hall–Kier alpha value is -0.750. The van der Waals surface area contributed by atoms with Gasteiger partial charge in [0.15, 0.2) is 0 Å². The highest BCUT2D eigenvalue weighted by atomic mass is 19.3. The second kappa shape index (κ2) is 5.97. The van der Waals surface area contributed by atoms with Crippen LogP contribution in [-0.2, 0) is 4.79 Å². The van der Waals surface area contributed by atoms with Crippen molar-refractivity contribution >= 4 is 5.91 Å². The SMILES string of the molecule is CNCC(=O)N1CCN(CC(F)F)CC1. The first-order valence-corrected chi connectivity index (χ1v) is 5.06. The summed E-state index contributed by atoms with van der Waals surface area (Å²) < 4.78 is 24.1. The maximum atomic E-state index is 12.1. The molecule has 1 aliphatic heterocycles. The van der Waals surface area contributed by atoms with Crippen LogP contribution in [0.4, 0.5) is 8.78 Å². The zero-order chi connectivity index (χ0) is 11.3. The maximum absolute atomic E-state index is 12.1. The van der Waals surface area contributed by atoms with E-state index in [1.165, 1.54) is 0 Å². The van der Waals surface area contributed by atoms with Crippen molar-refractivity contribution in [3.8, 4) is 0 Å². The van der Waals surface area contributed by atoms with Gasteiger partial charge in [-0.3, -0.25) is 9.69 Å². The summed E-state index contributed by atoms with van der Waals surface area (Å²) in [5.41, 5.74) is 0. The topological polar surface area (TPSA) is 35.6 Å². The molecule has 1 heterocycles. The summed E-state index contributed by atoms with van der Waals surface area (Å²) in [4.78, 5) is 14.8. The molecule has 0 saturated carbocycles. The molecule has 0 atom stereocenters. The molecule has 1 amide bonds. The number of likely N-dealkylation sites (N-methyl/N-ethyl adjacent to an activating group) is 1. The number of carbonyl (C=O) groups excluding carboxylic acids is 1. The molecular weight excluding hydrogens is 204 g/mol. The zero-order valence-corrected chi connectivity index (χ0v) is 8.88. The fourth-order valence-electron chi connectivity index (χ4n) is 1.64. The van der Waals surface area contributed by atoms with E-state index < -0.39 is 6.43 Å². The minimum atomic E-state index is -2.29. The van der Waals surface area contributed by atoms with Crippen LogP contribution in [0.25, 0.3) is 0 Å². The highest BCUT2D eigenvalue weighted by Crippen LogP contribution is 2.04. The molecular formula is C9H17F2N3O. The molecule has 1 fully saturated rings. The number of alkyl halides is 2. The van der Waals surface area contributed by atoms with Crippen LogP contribution < -0.4 is 5.32 Å². The van der Waals surface area contributed by atoms with Crippen molar-refractivity contribution in [1.29, 1.82) is 0 Å². The van der Waals surface area contributed by atoms with Crippen molar-refractivity contribution < 1.29 is 13.6 Å². The summed E-state index contributed by atoms with van der Waals surface area (Å²) in [5.74, 6) is 0.0363. The Morgan fingerprint density at radius 3 is 2.40 bits per heavy atom. The van der Waals surface area contributed by atoms with Crippen LogP contribution in [0.2, 0.25) is 0 Å². The Balaban J connectivity index is 2.26. The van der Waals surface area contributed by atoms with Gasteiger partial charge in [0, 0.05) is 26.2 Å². The summed E-state index contributed by atoms with van der Waals surface area (Å²) in [7, 11) is 1.71. The van der Waals surface area contributed by atoms with E-state index in [0.717, 1.165) is 0 Å². The van der Waals surface area contributed by atoms with Gasteiger partial charge in [-0.05, 0) is 7.05 Å². The first-order valence-electron chi connectivity index (χ1n) is 5.06. The molecule has 0 aromatic carbocycles. The monoisotopic (exact) mass is 221 g/mol. The van der Waals surface area contributed by atoms with Crippen LogP contribution in [-0.4, -0.2) is 68.4 Å². The van der Waals surface area contributed by atoms with E-state index in [9.17, 15) is 13.6 Å². The minimum Gasteiger partial charge on any atom is -0.339 e. The lowest BCUT2D eigenvalue weighted by molar-refractivity contribution is -0.132. The summed E-state index contributed by atoms with van der Waals surface area (Å²) >= 11 is 0. The third kappa shape index (κ3) is 4.09. The number of piperazine rings is 1. The number of rotatable bonds is 4. The zero-order valence-electron chi connectivity index (χ0n) is 8.88. The van der Waals surface area contributed by atoms with Crippen molar-refractivity contribution in [2.24, 2.45) is 0 Å².